The minimum absolute atomic E-state index is 0.313. The van der Waals surface area contributed by atoms with E-state index in [0.717, 1.165) is 36.8 Å². The standard InChI is InChI=1S/C14H13I2N3/c1-8(2)10-4-12-11(3-9(10)7-17)18-13(5-15)14(6-16)19-12/h3-4,8H,5-6H2,1-2H3. The maximum atomic E-state index is 9.25. The third kappa shape index (κ3) is 2.99. The maximum absolute atomic E-state index is 9.25. The number of nitriles is 1. The van der Waals surface area contributed by atoms with Gasteiger partial charge in [-0.3, -0.25) is 0 Å². The van der Waals surface area contributed by atoms with E-state index in [-0.39, 0.29) is 0 Å². The van der Waals surface area contributed by atoms with Crippen molar-refractivity contribution in [2.45, 2.75) is 28.6 Å². The summed E-state index contributed by atoms with van der Waals surface area (Å²) < 4.78 is 1.70. The summed E-state index contributed by atoms with van der Waals surface area (Å²) >= 11 is 4.61. The van der Waals surface area contributed by atoms with Gasteiger partial charge >= 0.3 is 0 Å². The smallest absolute Gasteiger partial charge is 0.0995 e. The van der Waals surface area contributed by atoms with E-state index in [0.29, 0.717) is 11.5 Å². The van der Waals surface area contributed by atoms with Crippen LogP contribution in [-0.4, -0.2) is 9.97 Å². The first-order valence-electron chi connectivity index (χ1n) is 5.96. The molecule has 19 heavy (non-hydrogen) atoms. The zero-order chi connectivity index (χ0) is 14.0. The van der Waals surface area contributed by atoms with E-state index in [1.807, 2.05) is 12.1 Å². The average Bonchev–Trinajstić information content (AvgIpc) is 2.43. The van der Waals surface area contributed by atoms with Crippen LogP contribution in [0.3, 0.4) is 0 Å². The Labute approximate surface area is 140 Å². The number of hydrogen-bond acceptors (Lipinski definition) is 3. The summed E-state index contributed by atoms with van der Waals surface area (Å²) in [5, 5.41) is 9.25. The number of hydrogen-bond donors (Lipinski definition) is 0. The summed E-state index contributed by atoms with van der Waals surface area (Å²) in [5.74, 6) is 0.313. The van der Waals surface area contributed by atoms with Crippen LogP contribution in [0.5, 0.6) is 0 Å². The zero-order valence-electron chi connectivity index (χ0n) is 10.7. The fraction of sp³-hybridized carbons (Fsp3) is 0.357. The second-order valence-electron chi connectivity index (χ2n) is 4.58. The highest BCUT2D eigenvalue weighted by Crippen LogP contribution is 2.25. The van der Waals surface area contributed by atoms with Crippen molar-refractivity contribution in [2.24, 2.45) is 0 Å². The molecule has 0 bridgehead atoms. The Morgan fingerprint density at radius 3 is 2.05 bits per heavy atom. The number of alkyl halides is 2. The minimum atomic E-state index is 0.313. The molecule has 1 aromatic carbocycles. The highest BCUT2D eigenvalue weighted by molar-refractivity contribution is 14.1. The zero-order valence-corrected chi connectivity index (χ0v) is 15.1. The van der Waals surface area contributed by atoms with Gasteiger partial charge in [-0.05, 0) is 23.6 Å². The second-order valence-corrected chi connectivity index (χ2v) is 6.10. The summed E-state index contributed by atoms with van der Waals surface area (Å²) in [5.41, 5.74) is 5.53. The van der Waals surface area contributed by atoms with Crippen LogP contribution in [0.4, 0.5) is 0 Å². The molecule has 0 saturated heterocycles. The predicted octanol–water partition coefficient (Wildman–Crippen LogP) is 4.49. The van der Waals surface area contributed by atoms with Crippen molar-refractivity contribution in [3.63, 3.8) is 0 Å². The van der Waals surface area contributed by atoms with Crippen LogP contribution >= 0.6 is 45.2 Å². The molecule has 3 nitrogen and oxygen atoms in total. The number of nitrogens with zero attached hydrogens (tertiary/aromatic N) is 3. The van der Waals surface area contributed by atoms with Crippen LogP contribution < -0.4 is 0 Å². The number of benzene rings is 1. The van der Waals surface area contributed by atoms with Gasteiger partial charge in [0.05, 0.1) is 34.1 Å². The van der Waals surface area contributed by atoms with Gasteiger partial charge in [0.1, 0.15) is 0 Å². The molecule has 0 N–H and O–H groups in total. The molecule has 0 saturated carbocycles. The van der Waals surface area contributed by atoms with Gasteiger partial charge < -0.3 is 0 Å². The molecular formula is C14H13I2N3. The van der Waals surface area contributed by atoms with E-state index in [2.05, 4.69) is 70.1 Å². The van der Waals surface area contributed by atoms with Gasteiger partial charge in [0, 0.05) is 8.86 Å². The van der Waals surface area contributed by atoms with Crippen LogP contribution in [0.15, 0.2) is 12.1 Å². The predicted molar refractivity (Wildman–Crippen MR) is 93.8 cm³/mol. The lowest BCUT2D eigenvalue weighted by Gasteiger charge is -2.11. The molecule has 0 atom stereocenters. The van der Waals surface area contributed by atoms with E-state index in [9.17, 15) is 5.26 Å². The van der Waals surface area contributed by atoms with Crippen molar-refractivity contribution in [1.29, 1.82) is 5.26 Å². The van der Waals surface area contributed by atoms with E-state index in [4.69, 9.17) is 4.98 Å². The van der Waals surface area contributed by atoms with Gasteiger partial charge in [0.2, 0.25) is 0 Å². The van der Waals surface area contributed by atoms with Gasteiger partial charge in [-0.15, -0.1) is 0 Å². The quantitative estimate of drug-likeness (QED) is 0.484. The van der Waals surface area contributed by atoms with Crippen molar-refractivity contribution in [3.05, 3.63) is 34.6 Å². The molecule has 2 aromatic rings. The summed E-state index contributed by atoms with van der Waals surface area (Å²) in [6.45, 7) is 4.18. The van der Waals surface area contributed by atoms with E-state index >= 15 is 0 Å². The van der Waals surface area contributed by atoms with Gasteiger partial charge in [0.25, 0.3) is 0 Å². The summed E-state index contributed by atoms with van der Waals surface area (Å²) in [6, 6.07) is 6.14. The molecule has 0 amide bonds. The molecule has 5 heteroatoms. The number of fused-ring (bicyclic) bond motifs is 1. The fourth-order valence-electron chi connectivity index (χ4n) is 1.98. The Balaban J connectivity index is 2.75. The third-order valence-electron chi connectivity index (χ3n) is 2.99. The molecular weight excluding hydrogens is 464 g/mol. The molecule has 98 valence electrons. The molecule has 2 rings (SSSR count). The van der Waals surface area contributed by atoms with Crippen molar-refractivity contribution in [3.8, 4) is 6.07 Å². The highest BCUT2D eigenvalue weighted by Gasteiger charge is 2.12. The normalized spacial score (nSPS) is 10.9. The average molecular weight is 477 g/mol. The Morgan fingerprint density at radius 2 is 1.63 bits per heavy atom. The van der Waals surface area contributed by atoms with E-state index < -0.39 is 0 Å². The Hall–Kier alpha value is -0.490. The molecule has 1 heterocycles. The number of rotatable bonds is 3. The van der Waals surface area contributed by atoms with Gasteiger partial charge in [-0.2, -0.15) is 5.26 Å². The van der Waals surface area contributed by atoms with Gasteiger partial charge in [0.15, 0.2) is 0 Å². The second kappa shape index (κ2) is 6.31. The maximum Gasteiger partial charge on any atom is 0.0995 e. The molecule has 0 unspecified atom stereocenters. The fourth-order valence-corrected chi connectivity index (χ4v) is 3.20. The largest absolute Gasteiger partial charge is 0.248 e. The number of halogens is 2. The van der Waals surface area contributed by atoms with Crippen molar-refractivity contribution < 1.29 is 0 Å². The van der Waals surface area contributed by atoms with Crippen molar-refractivity contribution in [2.75, 3.05) is 0 Å². The lowest BCUT2D eigenvalue weighted by Crippen LogP contribution is -2.01. The Kier molecular flexibility index (Phi) is 4.95. The molecule has 1 aromatic heterocycles. The lowest BCUT2D eigenvalue weighted by molar-refractivity contribution is 0.863. The Morgan fingerprint density at radius 1 is 1.11 bits per heavy atom. The van der Waals surface area contributed by atoms with Crippen LogP contribution in [0, 0.1) is 11.3 Å². The lowest BCUT2D eigenvalue weighted by atomic mass is 9.97. The molecule has 0 spiro atoms. The summed E-state index contributed by atoms with van der Waals surface area (Å²) in [4.78, 5) is 9.35. The van der Waals surface area contributed by atoms with Crippen molar-refractivity contribution >= 4 is 56.2 Å². The highest BCUT2D eigenvalue weighted by atomic mass is 127. The first-order valence-corrected chi connectivity index (χ1v) is 9.01. The molecule has 0 aliphatic rings. The Bertz CT molecular complexity index is 660. The summed E-state index contributed by atoms with van der Waals surface area (Å²) in [7, 11) is 0. The van der Waals surface area contributed by atoms with Crippen LogP contribution in [0.2, 0.25) is 0 Å². The molecule has 0 fully saturated rings. The third-order valence-corrected chi connectivity index (χ3v) is 4.43. The van der Waals surface area contributed by atoms with E-state index in [1.54, 1.807) is 0 Å². The molecule has 0 aliphatic heterocycles. The number of aromatic nitrogens is 2. The van der Waals surface area contributed by atoms with E-state index in [1.165, 1.54) is 0 Å². The molecule has 0 aliphatic carbocycles. The van der Waals surface area contributed by atoms with Crippen LogP contribution in [0.25, 0.3) is 11.0 Å². The SMILES string of the molecule is CC(C)c1cc2nc(CI)c(CI)nc2cc1C#N. The van der Waals surface area contributed by atoms with Gasteiger partial charge in [-0.25, -0.2) is 9.97 Å². The summed E-state index contributed by atoms with van der Waals surface area (Å²) in [6.07, 6.45) is 0. The monoisotopic (exact) mass is 477 g/mol. The minimum Gasteiger partial charge on any atom is -0.248 e. The van der Waals surface area contributed by atoms with Crippen LogP contribution in [0.1, 0.15) is 42.3 Å². The first kappa shape index (κ1) is 14.9. The molecule has 0 radical (unpaired) electrons. The first-order chi connectivity index (χ1) is 9.10. The van der Waals surface area contributed by atoms with Gasteiger partial charge in [-0.1, -0.05) is 59.0 Å². The van der Waals surface area contributed by atoms with Crippen molar-refractivity contribution in [1.82, 2.24) is 9.97 Å². The van der Waals surface area contributed by atoms with Crippen LogP contribution in [-0.2, 0) is 8.86 Å². The topological polar surface area (TPSA) is 49.6 Å².